The van der Waals surface area contributed by atoms with E-state index in [4.69, 9.17) is 0 Å². The van der Waals surface area contributed by atoms with Crippen LogP contribution >= 0.6 is 11.8 Å². The first-order chi connectivity index (χ1) is 11.0. The van der Waals surface area contributed by atoms with Crippen molar-refractivity contribution in [1.82, 2.24) is 24.8 Å². The van der Waals surface area contributed by atoms with Gasteiger partial charge < -0.3 is 5.32 Å². The van der Waals surface area contributed by atoms with Gasteiger partial charge in [-0.15, -0.1) is 10.2 Å². The lowest BCUT2D eigenvalue weighted by molar-refractivity contribution is -0.113. The molecular formula is C14H14N6O2S. The summed E-state index contributed by atoms with van der Waals surface area (Å²) in [5.74, 6) is 0.263. The molecule has 0 saturated heterocycles. The van der Waals surface area contributed by atoms with Crippen molar-refractivity contribution < 1.29 is 4.79 Å². The topological polar surface area (TPSA) is 105 Å². The largest absolute Gasteiger partial charge is 0.325 e. The van der Waals surface area contributed by atoms with Crippen molar-refractivity contribution in [3.63, 3.8) is 0 Å². The van der Waals surface area contributed by atoms with E-state index >= 15 is 0 Å². The van der Waals surface area contributed by atoms with Crippen LogP contribution in [-0.2, 0) is 4.79 Å². The Kier molecular flexibility index (Phi) is 4.11. The average molecular weight is 330 g/mol. The summed E-state index contributed by atoms with van der Waals surface area (Å²) in [7, 11) is 0. The number of rotatable bonds is 4. The smallest absolute Gasteiger partial charge is 0.273 e. The van der Waals surface area contributed by atoms with E-state index in [1.54, 1.807) is 6.92 Å². The molecule has 0 spiro atoms. The number of anilines is 1. The van der Waals surface area contributed by atoms with Gasteiger partial charge in [0, 0.05) is 5.69 Å². The Bertz CT molecular complexity index is 932. The molecule has 23 heavy (non-hydrogen) atoms. The van der Waals surface area contributed by atoms with Gasteiger partial charge in [-0.2, -0.15) is 9.61 Å². The van der Waals surface area contributed by atoms with E-state index in [-0.39, 0.29) is 23.0 Å². The minimum absolute atomic E-state index is 0.151. The lowest BCUT2D eigenvalue weighted by Crippen LogP contribution is -2.17. The van der Waals surface area contributed by atoms with E-state index in [1.807, 2.05) is 31.2 Å². The molecule has 8 nitrogen and oxygen atoms in total. The molecule has 0 aliphatic heterocycles. The molecule has 9 heteroatoms. The van der Waals surface area contributed by atoms with Crippen molar-refractivity contribution >= 4 is 29.1 Å². The molecule has 2 N–H and O–H groups in total. The van der Waals surface area contributed by atoms with Crippen molar-refractivity contribution in [3.8, 4) is 0 Å². The molecule has 3 rings (SSSR count). The van der Waals surface area contributed by atoms with Crippen LogP contribution in [-0.4, -0.2) is 36.5 Å². The van der Waals surface area contributed by atoms with E-state index in [1.165, 1.54) is 16.3 Å². The monoisotopic (exact) mass is 330 g/mol. The van der Waals surface area contributed by atoms with E-state index in [0.717, 1.165) is 11.3 Å². The third-order valence-corrected chi connectivity index (χ3v) is 4.09. The van der Waals surface area contributed by atoms with Crippen LogP contribution in [0.1, 0.15) is 11.3 Å². The number of nitrogens with zero attached hydrogens (tertiary/aromatic N) is 4. The zero-order valence-corrected chi connectivity index (χ0v) is 13.3. The van der Waals surface area contributed by atoms with E-state index in [0.29, 0.717) is 10.9 Å². The molecule has 3 aromatic rings. The number of fused-ring (bicyclic) bond motifs is 1. The second kappa shape index (κ2) is 6.21. The summed E-state index contributed by atoms with van der Waals surface area (Å²) in [6.45, 7) is 3.52. The Balaban J connectivity index is 1.71. The van der Waals surface area contributed by atoms with Gasteiger partial charge in [-0.3, -0.25) is 14.6 Å². The highest BCUT2D eigenvalue weighted by Gasteiger charge is 2.12. The van der Waals surface area contributed by atoms with Gasteiger partial charge in [-0.05, 0) is 25.5 Å². The molecule has 2 heterocycles. The zero-order chi connectivity index (χ0) is 16.4. The van der Waals surface area contributed by atoms with Gasteiger partial charge >= 0.3 is 0 Å². The van der Waals surface area contributed by atoms with Gasteiger partial charge in [0.25, 0.3) is 11.3 Å². The maximum atomic E-state index is 12.0. The predicted octanol–water partition coefficient (Wildman–Crippen LogP) is 1.16. The van der Waals surface area contributed by atoms with Gasteiger partial charge in [0.05, 0.1) is 5.75 Å². The SMILES string of the molecule is Cc1ccccc1NC(=O)CSc1nnc2[nH]c(=O)c(C)nn12. The molecule has 2 aromatic heterocycles. The van der Waals surface area contributed by atoms with Gasteiger partial charge in [-0.1, -0.05) is 30.0 Å². The summed E-state index contributed by atoms with van der Waals surface area (Å²) in [4.78, 5) is 26.1. The molecule has 118 valence electrons. The van der Waals surface area contributed by atoms with Gasteiger partial charge in [0.2, 0.25) is 11.1 Å². The maximum absolute atomic E-state index is 12.0. The predicted molar refractivity (Wildman–Crippen MR) is 86.7 cm³/mol. The van der Waals surface area contributed by atoms with E-state index in [2.05, 4.69) is 25.6 Å². The number of para-hydroxylation sites is 1. The Labute approximate surface area is 135 Å². The quantitative estimate of drug-likeness (QED) is 0.696. The molecular weight excluding hydrogens is 316 g/mol. The minimum atomic E-state index is -0.307. The van der Waals surface area contributed by atoms with Crippen LogP contribution in [0.2, 0.25) is 0 Å². The summed E-state index contributed by atoms with van der Waals surface area (Å²) in [5, 5.41) is 15.2. The first kappa shape index (κ1) is 15.2. The zero-order valence-electron chi connectivity index (χ0n) is 12.5. The number of hydrogen-bond donors (Lipinski definition) is 2. The highest BCUT2D eigenvalue weighted by Crippen LogP contribution is 2.17. The summed E-state index contributed by atoms with van der Waals surface area (Å²) in [6.07, 6.45) is 0. The summed E-state index contributed by atoms with van der Waals surface area (Å²) >= 11 is 1.20. The van der Waals surface area contributed by atoms with Gasteiger partial charge in [0.15, 0.2) is 0 Å². The number of benzene rings is 1. The molecule has 0 unspecified atom stereocenters. The first-order valence-electron chi connectivity index (χ1n) is 6.85. The summed E-state index contributed by atoms with van der Waals surface area (Å²) < 4.78 is 1.42. The number of thioether (sulfide) groups is 1. The molecule has 0 aliphatic carbocycles. The van der Waals surface area contributed by atoms with Crippen molar-refractivity contribution in [2.24, 2.45) is 0 Å². The van der Waals surface area contributed by atoms with Crippen LogP contribution in [0.15, 0.2) is 34.2 Å². The number of carbonyl (C=O) groups excluding carboxylic acids is 1. The third-order valence-electron chi connectivity index (χ3n) is 3.17. The fourth-order valence-corrected chi connectivity index (χ4v) is 2.62. The fraction of sp³-hybridized carbons (Fsp3) is 0.214. The lowest BCUT2D eigenvalue weighted by Gasteiger charge is -2.07. The molecule has 0 atom stereocenters. The molecule has 0 aliphatic rings. The average Bonchev–Trinajstić information content (AvgIpc) is 2.90. The Hall–Kier alpha value is -2.68. The Morgan fingerprint density at radius 2 is 2.09 bits per heavy atom. The molecule has 0 saturated carbocycles. The van der Waals surface area contributed by atoms with Gasteiger partial charge in [0.1, 0.15) is 5.69 Å². The number of aromatic nitrogens is 5. The number of carbonyl (C=O) groups is 1. The van der Waals surface area contributed by atoms with Crippen molar-refractivity contribution in [3.05, 3.63) is 45.9 Å². The third kappa shape index (κ3) is 3.24. The molecule has 1 aromatic carbocycles. The molecule has 1 amide bonds. The minimum Gasteiger partial charge on any atom is -0.325 e. The number of nitrogens with one attached hydrogen (secondary N) is 2. The molecule has 0 bridgehead atoms. The van der Waals surface area contributed by atoms with Crippen molar-refractivity contribution in [2.75, 3.05) is 11.1 Å². The maximum Gasteiger partial charge on any atom is 0.273 e. The number of aromatic amines is 1. The van der Waals surface area contributed by atoms with E-state index in [9.17, 15) is 9.59 Å². The van der Waals surface area contributed by atoms with Crippen LogP contribution in [0.25, 0.3) is 5.78 Å². The second-order valence-electron chi connectivity index (χ2n) is 4.91. The summed E-state index contributed by atoms with van der Waals surface area (Å²) in [6, 6.07) is 7.56. The van der Waals surface area contributed by atoms with E-state index < -0.39 is 0 Å². The van der Waals surface area contributed by atoms with Crippen LogP contribution < -0.4 is 10.9 Å². The summed E-state index contributed by atoms with van der Waals surface area (Å²) in [5.41, 5.74) is 1.78. The van der Waals surface area contributed by atoms with Crippen LogP contribution in [0.4, 0.5) is 5.69 Å². The van der Waals surface area contributed by atoms with Crippen LogP contribution in [0, 0.1) is 13.8 Å². The molecule has 0 radical (unpaired) electrons. The lowest BCUT2D eigenvalue weighted by atomic mass is 10.2. The number of hydrogen-bond acceptors (Lipinski definition) is 6. The van der Waals surface area contributed by atoms with Crippen LogP contribution in [0.3, 0.4) is 0 Å². The fourth-order valence-electron chi connectivity index (χ4n) is 1.94. The van der Waals surface area contributed by atoms with Gasteiger partial charge in [-0.25, -0.2) is 0 Å². The van der Waals surface area contributed by atoms with Crippen LogP contribution in [0.5, 0.6) is 0 Å². The normalized spacial score (nSPS) is 10.9. The Morgan fingerprint density at radius 1 is 1.30 bits per heavy atom. The number of H-pyrrole nitrogens is 1. The highest BCUT2D eigenvalue weighted by molar-refractivity contribution is 7.99. The molecule has 0 fully saturated rings. The van der Waals surface area contributed by atoms with Crippen molar-refractivity contribution in [2.45, 2.75) is 19.0 Å². The van der Waals surface area contributed by atoms with Crippen molar-refractivity contribution in [1.29, 1.82) is 0 Å². The Morgan fingerprint density at radius 3 is 2.87 bits per heavy atom. The number of amides is 1. The first-order valence-corrected chi connectivity index (χ1v) is 7.84. The number of aryl methyl sites for hydroxylation is 2. The highest BCUT2D eigenvalue weighted by atomic mass is 32.2. The standard InChI is InChI=1S/C14H14N6O2S/c1-8-5-3-4-6-10(8)15-11(21)7-23-14-18-17-13-16-12(22)9(2)19-20(13)14/h3-6H,7H2,1-2H3,(H,15,21)(H,16,17,22). The second-order valence-corrected chi connectivity index (χ2v) is 5.85.